The van der Waals surface area contributed by atoms with E-state index in [1.54, 1.807) is 0 Å². The van der Waals surface area contributed by atoms with Crippen LogP contribution in [0.15, 0.2) is 12.1 Å². The number of anilines is 1. The Morgan fingerprint density at radius 2 is 2.41 bits per heavy atom. The smallest absolute Gasteiger partial charge is 0.129 e. The van der Waals surface area contributed by atoms with Gasteiger partial charge in [0.1, 0.15) is 11.9 Å². The third-order valence-corrected chi connectivity index (χ3v) is 3.30. The topological polar surface area (TPSA) is 52.0 Å². The summed E-state index contributed by atoms with van der Waals surface area (Å²) in [5.41, 5.74) is 1.48. The van der Waals surface area contributed by atoms with Crippen molar-refractivity contribution in [1.82, 2.24) is 10.3 Å². The average Bonchev–Trinajstić information content (AvgIpc) is 2.78. The first-order chi connectivity index (χ1) is 8.26. The van der Waals surface area contributed by atoms with Crippen molar-refractivity contribution < 1.29 is 0 Å². The minimum Gasteiger partial charge on any atom is -0.352 e. The molecule has 2 heterocycles. The number of nitrogens with zero attached hydrogens (tertiary/aromatic N) is 3. The molecule has 2 rings (SSSR count). The summed E-state index contributed by atoms with van der Waals surface area (Å²) in [7, 11) is 1.98. The van der Waals surface area contributed by atoms with Gasteiger partial charge in [-0.05, 0) is 38.9 Å². The molecule has 4 heteroatoms. The Bertz CT molecular complexity index is 436. The molecule has 0 saturated carbocycles. The fourth-order valence-electron chi connectivity index (χ4n) is 2.41. The lowest BCUT2D eigenvalue weighted by Crippen LogP contribution is -2.37. The maximum absolute atomic E-state index is 8.90. The molecule has 0 bridgehead atoms. The molecule has 1 N–H and O–H groups in total. The van der Waals surface area contributed by atoms with E-state index in [-0.39, 0.29) is 0 Å². The zero-order valence-electron chi connectivity index (χ0n) is 10.4. The molecule has 0 amide bonds. The van der Waals surface area contributed by atoms with Crippen LogP contribution >= 0.6 is 0 Å². The molecule has 0 spiro atoms. The second-order valence-corrected chi connectivity index (χ2v) is 4.46. The van der Waals surface area contributed by atoms with Crippen LogP contribution in [-0.4, -0.2) is 31.2 Å². The van der Waals surface area contributed by atoms with Crippen LogP contribution in [0.3, 0.4) is 0 Å². The van der Waals surface area contributed by atoms with Crippen molar-refractivity contribution in [2.45, 2.75) is 25.8 Å². The summed E-state index contributed by atoms with van der Waals surface area (Å²) in [6.45, 7) is 3.94. The van der Waals surface area contributed by atoms with Crippen LogP contribution in [0, 0.1) is 18.3 Å². The van der Waals surface area contributed by atoms with Crippen LogP contribution in [0.25, 0.3) is 0 Å². The number of nitriles is 1. The number of hydrogen-bond donors (Lipinski definition) is 1. The Balaban J connectivity index is 2.22. The van der Waals surface area contributed by atoms with Crippen molar-refractivity contribution in [3.05, 3.63) is 23.4 Å². The predicted molar refractivity (Wildman–Crippen MR) is 68.0 cm³/mol. The van der Waals surface area contributed by atoms with E-state index < -0.39 is 0 Å². The minimum absolute atomic E-state index is 0.528. The van der Waals surface area contributed by atoms with Gasteiger partial charge in [0.05, 0.1) is 11.3 Å². The van der Waals surface area contributed by atoms with Crippen molar-refractivity contribution >= 4 is 5.82 Å². The van der Waals surface area contributed by atoms with Crippen molar-refractivity contribution in [1.29, 1.82) is 5.26 Å². The number of rotatable bonds is 3. The summed E-state index contributed by atoms with van der Waals surface area (Å²) in [6, 6.07) is 6.51. The van der Waals surface area contributed by atoms with Gasteiger partial charge in [0.2, 0.25) is 0 Å². The van der Waals surface area contributed by atoms with Crippen LogP contribution < -0.4 is 10.2 Å². The van der Waals surface area contributed by atoms with E-state index in [0.717, 1.165) is 24.6 Å². The van der Waals surface area contributed by atoms with Gasteiger partial charge in [-0.3, -0.25) is 0 Å². The zero-order chi connectivity index (χ0) is 12.3. The molecule has 17 heavy (non-hydrogen) atoms. The van der Waals surface area contributed by atoms with E-state index in [2.05, 4.69) is 21.3 Å². The van der Waals surface area contributed by atoms with Crippen LogP contribution in [0.2, 0.25) is 0 Å². The largest absolute Gasteiger partial charge is 0.352 e. The van der Waals surface area contributed by atoms with Crippen LogP contribution in [-0.2, 0) is 0 Å². The quantitative estimate of drug-likeness (QED) is 0.854. The summed E-state index contributed by atoms with van der Waals surface area (Å²) in [6.07, 6.45) is 2.43. The number of nitrogens with one attached hydrogen (secondary N) is 1. The van der Waals surface area contributed by atoms with Crippen molar-refractivity contribution in [3.8, 4) is 6.07 Å². The first-order valence-electron chi connectivity index (χ1n) is 6.05. The lowest BCUT2D eigenvalue weighted by Gasteiger charge is -2.25. The molecule has 0 aromatic carbocycles. The Morgan fingerprint density at radius 1 is 1.59 bits per heavy atom. The molecule has 0 radical (unpaired) electrons. The van der Waals surface area contributed by atoms with Gasteiger partial charge in [-0.15, -0.1) is 0 Å². The molecular weight excluding hydrogens is 212 g/mol. The van der Waals surface area contributed by atoms with E-state index in [0.29, 0.717) is 11.6 Å². The van der Waals surface area contributed by atoms with Crippen LogP contribution in [0.5, 0.6) is 0 Å². The molecule has 1 fully saturated rings. The van der Waals surface area contributed by atoms with Crippen LogP contribution in [0.4, 0.5) is 5.82 Å². The molecular formula is C13H18N4. The molecule has 90 valence electrons. The third-order valence-electron chi connectivity index (χ3n) is 3.30. The highest BCUT2D eigenvalue weighted by Crippen LogP contribution is 2.24. The Morgan fingerprint density at radius 3 is 3.06 bits per heavy atom. The average molecular weight is 230 g/mol. The second-order valence-electron chi connectivity index (χ2n) is 4.46. The van der Waals surface area contributed by atoms with Gasteiger partial charge in [0.15, 0.2) is 0 Å². The van der Waals surface area contributed by atoms with Gasteiger partial charge in [-0.25, -0.2) is 4.98 Å². The minimum atomic E-state index is 0.528. The predicted octanol–water partition coefficient (Wildman–Crippen LogP) is 1.45. The SMILES string of the molecule is CNCC1CCCN1c1ccc(C#N)c(C)n1. The zero-order valence-corrected chi connectivity index (χ0v) is 10.4. The van der Waals surface area contributed by atoms with E-state index >= 15 is 0 Å². The molecule has 0 aliphatic carbocycles. The van der Waals surface area contributed by atoms with Crippen molar-refractivity contribution in [3.63, 3.8) is 0 Å². The highest BCUT2D eigenvalue weighted by Gasteiger charge is 2.25. The summed E-state index contributed by atoms with van der Waals surface area (Å²) in [5, 5.41) is 12.1. The lowest BCUT2D eigenvalue weighted by molar-refractivity contribution is 0.611. The second kappa shape index (κ2) is 5.15. The number of aromatic nitrogens is 1. The van der Waals surface area contributed by atoms with E-state index in [1.807, 2.05) is 26.1 Å². The molecule has 1 aliphatic heterocycles. The maximum atomic E-state index is 8.90. The van der Waals surface area contributed by atoms with Crippen molar-refractivity contribution in [2.24, 2.45) is 0 Å². The molecule has 1 aliphatic rings. The number of aryl methyl sites for hydroxylation is 1. The van der Waals surface area contributed by atoms with Gasteiger partial charge in [0.25, 0.3) is 0 Å². The first-order valence-corrected chi connectivity index (χ1v) is 6.05. The maximum Gasteiger partial charge on any atom is 0.129 e. The van der Waals surface area contributed by atoms with Crippen LogP contribution in [0.1, 0.15) is 24.1 Å². The normalized spacial score (nSPS) is 19.4. The highest BCUT2D eigenvalue weighted by atomic mass is 15.2. The summed E-state index contributed by atoms with van der Waals surface area (Å²) < 4.78 is 0. The number of likely N-dealkylation sites (N-methyl/N-ethyl adjacent to an activating group) is 1. The lowest BCUT2D eigenvalue weighted by atomic mass is 10.2. The van der Waals surface area contributed by atoms with Gasteiger partial charge < -0.3 is 10.2 Å². The summed E-state index contributed by atoms with van der Waals surface area (Å²) in [4.78, 5) is 6.87. The fraction of sp³-hybridized carbons (Fsp3) is 0.538. The number of pyridine rings is 1. The molecule has 1 saturated heterocycles. The fourth-order valence-corrected chi connectivity index (χ4v) is 2.41. The van der Waals surface area contributed by atoms with E-state index in [1.165, 1.54) is 12.8 Å². The molecule has 1 aromatic heterocycles. The van der Waals surface area contributed by atoms with E-state index in [4.69, 9.17) is 5.26 Å². The molecule has 1 unspecified atom stereocenters. The Kier molecular flexibility index (Phi) is 3.60. The van der Waals surface area contributed by atoms with Gasteiger partial charge in [-0.1, -0.05) is 0 Å². The Labute approximate surface area is 102 Å². The monoisotopic (exact) mass is 230 g/mol. The summed E-state index contributed by atoms with van der Waals surface area (Å²) in [5.74, 6) is 0.999. The molecule has 1 aromatic rings. The van der Waals surface area contributed by atoms with E-state index in [9.17, 15) is 0 Å². The third kappa shape index (κ3) is 2.40. The van der Waals surface area contributed by atoms with Gasteiger partial charge >= 0.3 is 0 Å². The molecule has 4 nitrogen and oxygen atoms in total. The highest BCUT2D eigenvalue weighted by molar-refractivity contribution is 5.46. The standard InChI is InChI=1S/C13H18N4/c1-10-11(8-14)5-6-13(16-10)17-7-3-4-12(17)9-15-2/h5-6,12,15H,3-4,7,9H2,1-2H3. The summed E-state index contributed by atoms with van der Waals surface area (Å²) >= 11 is 0. The van der Waals surface area contributed by atoms with Gasteiger partial charge in [0, 0.05) is 19.1 Å². The van der Waals surface area contributed by atoms with Gasteiger partial charge in [-0.2, -0.15) is 5.26 Å². The number of hydrogen-bond acceptors (Lipinski definition) is 4. The Hall–Kier alpha value is -1.60. The first kappa shape index (κ1) is 11.9. The van der Waals surface area contributed by atoms with Crippen molar-refractivity contribution in [2.75, 3.05) is 25.0 Å². The molecule has 1 atom stereocenters.